The number of hydrogen-bond donors (Lipinski definition) is 3. The van der Waals surface area contributed by atoms with E-state index in [-0.39, 0.29) is 23.8 Å². The quantitative estimate of drug-likeness (QED) is 0.203. The van der Waals surface area contributed by atoms with Crippen molar-refractivity contribution in [3.8, 4) is 17.0 Å². The molecule has 3 rings (SSSR count). The van der Waals surface area contributed by atoms with E-state index < -0.39 is 56.7 Å². The van der Waals surface area contributed by atoms with E-state index in [4.69, 9.17) is 4.74 Å². The first-order chi connectivity index (χ1) is 19.6. The fourth-order valence-electron chi connectivity index (χ4n) is 4.39. The fraction of sp³-hybridized carbons (Fsp3) is 0.400. The Balaban J connectivity index is 1.78. The molecular weight excluding hydrogens is 569 g/mol. The van der Waals surface area contributed by atoms with Crippen molar-refractivity contribution in [3.63, 3.8) is 0 Å². The van der Waals surface area contributed by atoms with Gasteiger partial charge in [-0.3, -0.25) is 4.79 Å². The average molecular weight is 607 g/mol. The summed E-state index contributed by atoms with van der Waals surface area (Å²) in [5, 5.41) is 5.39. The summed E-state index contributed by atoms with van der Waals surface area (Å²) in [5.41, 5.74) is 0.137. The maximum atomic E-state index is 14.8. The zero-order chi connectivity index (χ0) is 31.2. The number of carbonyl (C=O) groups is 1. The zero-order valence-corrected chi connectivity index (χ0v) is 25.3. The molecule has 0 radical (unpaired) electrons. The van der Waals surface area contributed by atoms with Crippen molar-refractivity contribution in [1.82, 2.24) is 9.71 Å². The Morgan fingerprint density at radius 3 is 2.24 bits per heavy atom. The maximum Gasteiger partial charge on any atom is 0.255 e. The Morgan fingerprint density at radius 2 is 1.64 bits per heavy atom. The summed E-state index contributed by atoms with van der Waals surface area (Å²) in [6.45, 7) is 10.6. The molecule has 0 unspecified atom stereocenters. The number of nitrogens with zero attached hydrogens (tertiary/aromatic N) is 1. The van der Waals surface area contributed by atoms with Gasteiger partial charge in [-0.2, -0.15) is 18.2 Å². The van der Waals surface area contributed by atoms with Crippen LogP contribution in [0.15, 0.2) is 53.4 Å². The van der Waals surface area contributed by atoms with Crippen LogP contribution in [-0.4, -0.2) is 37.5 Å². The van der Waals surface area contributed by atoms with E-state index in [2.05, 4.69) is 20.3 Å². The number of rotatable bonds is 12. The molecule has 0 fully saturated rings. The molecule has 1 amide bonds. The first kappa shape index (κ1) is 32.9. The first-order valence-electron chi connectivity index (χ1n) is 13.6. The van der Waals surface area contributed by atoms with Gasteiger partial charge in [0.2, 0.25) is 27.6 Å². The van der Waals surface area contributed by atoms with Crippen LogP contribution in [-0.2, 0) is 14.8 Å². The topological polar surface area (TPSA) is 109 Å². The van der Waals surface area contributed by atoms with Crippen LogP contribution >= 0.6 is 0 Å². The molecule has 1 aromatic heterocycles. The standard InChI is InChI=1S/C30H37F3N4O4S/c1-7-41-29-26(32)27(25(31)28(33)36-29)35-21(16-18(2)3)17-24(38)34-20-14-12-19(13-15-20)22-10-8-9-11-23(22)42(39,40)37-30(4,5)6/h8-15,18,21,37H,7,16-17H2,1-6H3,(H,34,38)(H,35,36)/t21-/m0/s1. The Hall–Kier alpha value is -3.64. The fourth-order valence-corrected chi connectivity index (χ4v) is 6.04. The molecule has 0 spiro atoms. The van der Waals surface area contributed by atoms with E-state index in [1.807, 2.05) is 13.8 Å². The third-order valence-electron chi connectivity index (χ3n) is 5.92. The molecule has 1 heterocycles. The van der Waals surface area contributed by atoms with Gasteiger partial charge < -0.3 is 15.4 Å². The molecule has 0 saturated carbocycles. The molecule has 0 saturated heterocycles. The minimum atomic E-state index is -3.81. The van der Waals surface area contributed by atoms with Gasteiger partial charge in [-0.25, -0.2) is 13.1 Å². The number of amides is 1. The summed E-state index contributed by atoms with van der Waals surface area (Å²) >= 11 is 0. The molecule has 12 heteroatoms. The van der Waals surface area contributed by atoms with Gasteiger partial charge in [0, 0.05) is 29.3 Å². The van der Waals surface area contributed by atoms with Crippen LogP contribution in [0.5, 0.6) is 5.88 Å². The SMILES string of the molecule is CCOc1nc(F)c(F)c(N[C@H](CC(=O)Nc2ccc(-c3ccccc3S(=O)(=O)NC(C)(C)C)cc2)CC(C)C)c1F. The highest BCUT2D eigenvalue weighted by Gasteiger charge is 2.26. The molecule has 0 aliphatic heterocycles. The summed E-state index contributed by atoms with van der Waals surface area (Å²) < 4.78 is 77.0. The number of carbonyl (C=O) groups excluding carboxylic acids is 1. The van der Waals surface area contributed by atoms with E-state index in [0.717, 1.165) is 0 Å². The Bertz CT molecular complexity index is 1510. The molecule has 0 aliphatic rings. The van der Waals surface area contributed by atoms with Crippen molar-refractivity contribution < 1.29 is 31.1 Å². The van der Waals surface area contributed by atoms with E-state index >= 15 is 0 Å². The van der Waals surface area contributed by atoms with Crippen LogP contribution in [0, 0.1) is 23.5 Å². The minimum Gasteiger partial charge on any atom is -0.476 e. The van der Waals surface area contributed by atoms with Gasteiger partial charge in [0.05, 0.1) is 11.5 Å². The Morgan fingerprint density at radius 1 is 1.00 bits per heavy atom. The summed E-state index contributed by atoms with van der Waals surface area (Å²) in [7, 11) is -3.81. The van der Waals surface area contributed by atoms with Gasteiger partial charge in [-0.15, -0.1) is 0 Å². The largest absolute Gasteiger partial charge is 0.476 e. The van der Waals surface area contributed by atoms with E-state index in [1.165, 1.54) is 6.07 Å². The van der Waals surface area contributed by atoms with Crippen molar-refractivity contribution in [2.24, 2.45) is 5.92 Å². The second-order valence-corrected chi connectivity index (χ2v) is 12.9. The number of halogens is 3. The lowest BCUT2D eigenvalue weighted by Gasteiger charge is -2.22. The monoisotopic (exact) mass is 606 g/mol. The predicted molar refractivity (Wildman–Crippen MR) is 157 cm³/mol. The van der Waals surface area contributed by atoms with Gasteiger partial charge in [0.15, 0.2) is 0 Å². The molecule has 2 aromatic carbocycles. The van der Waals surface area contributed by atoms with Crippen molar-refractivity contribution in [2.45, 2.75) is 70.9 Å². The molecule has 1 atom stereocenters. The molecule has 0 aliphatic carbocycles. The van der Waals surface area contributed by atoms with E-state index in [1.54, 1.807) is 70.2 Å². The second-order valence-electron chi connectivity index (χ2n) is 11.3. The van der Waals surface area contributed by atoms with Gasteiger partial charge in [-0.1, -0.05) is 44.2 Å². The number of sulfonamides is 1. The molecule has 3 N–H and O–H groups in total. The molecule has 228 valence electrons. The molecule has 42 heavy (non-hydrogen) atoms. The minimum absolute atomic E-state index is 0.000253. The Labute approximate surface area is 245 Å². The number of ether oxygens (including phenoxy) is 1. The Kier molecular flexibility index (Phi) is 10.6. The number of nitrogens with one attached hydrogen (secondary N) is 3. The molecule has 0 bridgehead atoms. The summed E-state index contributed by atoms with van der Waals surface area (Å²) in [6.07, 6.45) is 0.180. The second kappa shape index (κ2) is 13.6. The van der Waals surface area contributed by atoms with Gasteiger partial charge >= 0.3 is 0 Å². The van der Waals surface area contributed by atoms with E-state index in [9.17, 15) is 26.4 Å². The van der Waals surface area contributed by atoms with Crippen LogP contribution in [0.1, 0.15) is 54.4 Å². The molecular formula is C30H37F3N4O4S. The first-order valence-corrected chi connectivity index (χ1v) is 15.1. The van der Waals surface area contributed by atoms with Gasteiger partial charge in [0.25, 0.3) is 11.8 Å². The van der Waals surface area contributed by atoms with Crippen molar-refractivity contribution >= 4 is 27.3 Å². The lowest BCUT2D eigenvalue weighted by atomic mass is 10.00. The smallest absolute Gasteiger partial charge is 0.255 e. The average Bonchev–Trinajstić information content (AvgIpc) is 2.88. The van der Waals surface area contributed by atoms with Crippen LogP contribution in [0.3, 0.4) is 0 Å². The summed E-state index contributed by atoms with van der Waals surface area (Å²) in [4.78, 5) is 16.2. The number of anilines is 2. The highest BCUT2D eigenvalue weighted by atomic mass is 32.2. The number of aromatic nitrogens is 1. The highest BCUT2D eigenvalue weighted by molar-refractivity contribution is 7.89. The van der Waals surface area contributed by atoms with Gasteiger partial charge in [-0.05, 0) is 63.8 Å². The van der Waals surface area contributed by atoms with E-state index in [0.29, 0.717) is 23.2 Å². The van der Waals surface area contributed by atoms with Crippen molar-refractivity contribution in [2.75, 3.05) is 17.2 Å². The summed E-state index contributed by atoms with van der Waals surface area (Å²) in [6, 6.07) is 12.5. The highest BCUT2D eigenvalue weighted by Crippen LogP contribution is 2.31. The van der Waals surface area contributed by atoms with Crippen molar-refractivity contribution in [1.29, 1.82) is 0 Å². The summed E-state index contributed by atoms with van der Waals surface area (Å²) in [5.74, 6) is -5.27. The zero-order valence-electron chi connectivity index (χ0n) is 24.5. The number of hydrogen-bond acceptors (Lipinski definition) is 6. The number of pyridine rings is 1. The van der Waals surface area contributed by atoms with Crippen LogP contribution in [0.4, 0.5) is 24.5 Å². The van der Waals surface area contributed by atoms with Crippen LogP contribution < -0.4 is 20.1 Å². The van der Waals surface area contributed by atoms with Crippen LogP contribution in [0.2, 0.25) is 0 Å². The maximum absolute atomic E-state index is 14.8. The van der Waals surface area contributed by atoms with Crippen molar-refractivity contribution in [3.05, 3.63) is 66.1 Å². The molecule has 8 nitrogen and oxygen atoms in total. The number of benzene rings is 2. The lowest BCUT2D eigenvalue weighted by Crippen LogP contribution is -2.40. The van der Waals surface area contributed by atoms with Gasteiger partial charge in [0.1, 0.15) is 5.69 Å². The third kappa shape index (κ3) is 8.68. The lowest BCUT2D eigenvalue weighted by molar-refractivity contribution is -0.116. The van der Waals surface area contributed by atoms with Crippen LogP contribution in [0.25, 0.3) is 11.1 Å². The molecule has 3 aromatic rings. The normalized spacial score (nSPS) is 12.7. The third-order valence-corrected chi connectivity index (χ3v) is 7.74. The predicted octanol–water partition coefficient (Wildman–Crippen LogP) is 6.50.